The highest BCUT2D eigenvalue weighted by Crippen LogP contribution is 2.33. The van der Waals surface area contributed by atoms with Crippen molar-refractivity contribution >= 4 is 36.0 Å². The molecule has 4 N–H and O–H groups in total. The Morgan fingerprint density at radius 1 is 1.18 bits per heavy atom. The Morgan fingerprint density at radius 3 is 2.48 bits per heavy atom. The molecule has 1 aliphatic rings. The number of aliphatic hydroxyl groups is 1. The van der Waals surface area contributed by atoms with Crippen LogP contribution in [0.2, 0.25) is 19.6 Å². The third kappa shape index (κ3) is 4.69. The second-order valence-corrected chi connectivity index (χ2v) is 14.6. The fourth-order valence-electron chi connectivity index (χ4n) is 4.17. The number of H-pyrrole nitrogens is 1. The number of amides is 2. The lowest BCUT2D eigenvalue weighted by molar-refractivity contribution is -0.128. The molecule has 1 saturated heterocycles. The van der Waals surface area contributed by atoms with Gasteiger partial charge in [-0.25, -0.2) is 8.78 Å². The maximum absolute atomic E-state index is 14.5. The van der Waals surface area contributed by atoms with Gasteiger partial charge in [0.15, 0.2) is 0 Å². The van der Waals surface area contributed by atoms with Gasteiger partial charge >= 0.3 is 0 Å². The van der Waals surface area contributed by atoms with Crippen LogP contribution in [-0.4, -0.2) is 48.7 Å². The zero-order valence-corrected chi connectivity index (χ0v) is 19.8. The average Bonchev–Trinajstić information content (AvgIpc) is 3.27. The molecule has 0 bridgehead atoms. The van der Waals surface area contributed by atoms with Crippen LogP contribution in [0.15, 0.2) is 36.4 Å². The Morgan fingerprint density at radius 2 is 1.88 bits per heavy atom. The summed E-state index contributed by atoms with van der Waals surface area (Å²) in [5.74, 6) is -2.26. The van der Waals surface area contributed by atoms with Crippen LogP contribution in [0.4, 0.5) is 8.78 Å². The minimum atomic E-state index is -1.50. The summed E-state index contributed by atoms with van der Waals surface area (Å²) in [6, 6.07) is 9.11. The molecular weight excluding hydrogens is 444 g/mol. The van der Waals surface area contributed by atoms with Crippen molar-refractivity contribution < 1.29 is 23.5 Å². The molecule has 2 aromatic carbocycles. The fourth-order valence-corrected chi connectivity index (χ4v) is 5.34. The molecule has 0 radical (unpaired) electrons. The van der Waals surface area contributed by atoms with E-state index in [2.05, 4.69) is 47.4 Å². The Kier molecular flexibility index (Phi) is 6.11. The van der Waals surface area contributed by atoms with Crippen molar-refractivity contribution in [1.82, 2.24) is 15.6 Å². The molecule has 2 heterocycles. The number of aliphatic hydroxyl groups excluding tert-OH is 1. The maximum Gasteiger partial charge on any atom is 0.245 e. The second-order valence-electron chi connectivity index (χ2n) is 9.47. The number of β-amino-alcohol motifs (C(OH)–C–C–N with tert-alkyl or cyclic N) is 1. The molecule has 0 aliphatic carbocycles. The molecule has 0 spiro atoms. The van der Waals surface area contributed by atoms with Crippen LogP contribution < -0.4 is 15.8 Å². The van der Waals surface area contributed by atoms with Gasteiger partial charge in [0.05, 0.1) is 13.6 Å². The van der Waals surface area contributed by atoms with Crippen molar-refractivity contribution in [2.45, 2.75) is 44.6 Å². The zero-order valence-electron chi connectivity index (χ0n) is 18.8. The number of carbonyl (C=O) groups excluding carboxylic acids is 2. The van der Waals surface area contributed by atoms with Crippen LogP contribution in [0.1, 0.15) is 12.0 Å². The van der Waals surface area contributed by atoms with Crippen LogP contribution in [0.3, 0.4) is 0 Å². The second kappa shape index (κ2) is 8.72. The molecule has 174 valence electrons. The SMILES string of the molecule is C[Si](C)(C)c1ccc(-c2[nH]c3c(F)cc(F)cc3c2CCC(=O)N[C@@H]2C(=O)NC[C@H]2O)cc1. The highest BCUT2D eigenvalue weighted by Gasteiger charge is 2.34. The number of aromatic nitrogens is 1. The highest BCUT2D eigenvalue weighted by molar-refractivity contribution is 6.88. The minimum Gasteiger partial charge on any atom is -0.389 e. The molecule has 2 atom stereocenters. The molecule has 0 saturated carbocycles. The van der Waals surface area contributed by atoms with E-state index in [4.69, 9.17) is 0 Å². The summed E-state index contributed by atoms with van der Waals surface area (Å²) in [4.78, 5) is 27.3. The number of aromatic amines is 1. The van der Waals surface area contributed by atoms with Gasteiger partial charge in [0, 0.05) is 30.1 Å². The van der Waals surface area contributed by atoms with E-state index in [9.17, 15) is 23.5 Å². The zero-order chi connectivity index (χ0) is 23.9. The molecule has 6 nitrogen and oxygen atoms in total. The summed E-state index contributed by atoms with van der Waals surface area (Å²) < 4.78 is 28.5. The largest absolute Gasteiger partial charge is 0.389 e. The Bertz CT molecular complexity index is 1220. The highest BCUT2D eigenvalue weighted by atomic mass is 28.3. The predicted octanol–water partition coefficient (Wildman–Crippen LogP) is 2.57. The van der Waals surface area contributed by atoms with Crippen molar-refractivity contribution in [3.63, 3.8) is 0 Å². The first kappa shape index (κ1) is 23.1. The van der Waals surface area contributed by atoms with Crippen LogP contribution in [-0.2, 0) is 16.0 Å². The smallest absolute Gasteiger partial charge is 0.245 e. The molecule has 0 unspecified atom stereocenters. The lowest BCUT2D eigenvalue weighted by atomic mass is 10.0. The molecule has 1 aromatic heterocycles. The lowest BCUT2D eigenvalue weighted by Gasteiger charge is -2.17. The number of rotatable bonds is 6. The molecule has 2 amide bonds. The first-order valence-corrected chi connectivity index (χ1v) is 14.4. The fraction of sp³-hybridized carbons (Fsp3) is 0.333. The standard InChI is InChI=1S/C24H27F2N3O3Si/c1-33(2,3)15-6-4-13(5-7-15)21-16(17-10-14(25)11-18(26)22(17)29-21)8-9-20(31)28-23-19(30)12-27-24(23)32/h4-7,10-11,19,23,29-30H,8-9,12H2,1-3H3,(H,27,32)(H,28,31)/t19-,23+/m1/s1. The summed E-state index contributed by atoms with van der Waals surface area (Å²) in [6.07, 6.45) is -0.801. The number of hydrogen-bond donors (Lipinski definition) is 4. The minimum absolute atomic E-state index is 0.0123. The van der Waals surface area contributed by atoms with Gasteiger partial charge in [-0.1, -0.05) is 49.1 Å². The van der Waals surface area contributed by atoms with E-state index in [-0.39, 0.29) is 24.9 Å². The molecular formula is C24H27F2N3O3Si. The van der Waals surface area contributed by atoms with Crippen molar-refractivity contribution in [2.75, 3.05) is 6.54 Å². The first-order valence-electron chi connectivity index (χ1n) is 10.9. The van der Waals surface area contributed by atoms with Gasteiger partial charge in [0.1, 0.15) is 23.8 Å². The van der Waals surface area contributed by atoms with E-state index in [1.807, 2.05) is 12.1 Å². The van der Waals surface area contributed by atoms with Crippen molar-refractivity contribution in [2.24, 2.45) is 0 Å². The number of benzene rings is 2. The van der Waals surface area contributed by atoms with Crippen molar-refractivity contribution in [3.05, 3.63) is 53.6 Å². The molecule has 33 heavy (non-hydrogen) atoms. The molecule has 4 rings (SSSR count). The number of nitrogens with one attached hydrogen (secondary N) is 3. The van der Waals surface area contributed by atoms with Gasteiger partial charge in [0.2, 0.25) is 11.8 Å². The molecule has 3 aromatic rings. The number of fused-ring (bicyclic) bond motifs is 1. The van der Waals surface area contributed by atoms with Crippen LogP contribution in [0.5, 0.6) is 0 Å². The average molecular weight is 472 g/mol. The molecule has 1 aliphatic heterocycles. The van der Waals surface area contributed by atoms with E-state index in [0.717, 1.165) is 11.6 Å². The lowest BCUT2D eigenvalue weighted by Crippen LogP contribution is -2.45. The van der Waals surface area contributed by atoms with Crippen LogP contribution in [0, 0.1) is 11.6 Å². The first-order chi connectivity index (χ1) is 15.5. The van der Waals surface area contributed by atoms with E-state index < -0.39 is 43.7 Å². The Hall–Kier alpha value is -3.04. The summed E-state index contributed by atoms with van der Waals surface area (Å²) in [5.41, 5.74) is 2.24. The molecule has 9 heteroatoms. The van der Waals surface area contributed by atoms with E-state index >= 15 is 0 Å². The van der Waals surface area contributed by atoms with Gasteiger partial charge < -0.3 is 20.7 Å². The van der Waals surface area contributed by atoms with Gasteiger partial charge in [-0.15, -0.1) is 0 Å². The monoisotopic (exact) mass is 471 g/mol. The van der Waals surface area contributed by atoms with E-state index in [1.165, 1.54) is 11.3 Å². The van der Waals surface area contributed by atoms with Crippen molar-refractivity contribution in [3.8, 4) is 11.3 Å². The molecule has 1 fully saturated rings. The summed E-state index contributed by atoms with van der Waals surface area (Å²) >= 11 is 0. The van der Waals surface area contributed by atoms with Crippen LogP contribution in [0.25, 0.3) is 22.2 Å². The van der Waals surface area contributed by atoms with Crippen molar-refractivity contribution in [1.29, 1.82) is 0 Å². The summed E-state index contributed by atoms with van der Waals surface area (Å²) in [6.45, 7) is 6.82. The normalized spacial score (nSPS) is 18.5. The summed E-state index contributed by atoms with van der Waals surface area (Å²) in [5, 5.41) is 16.5. The maximum atomic E-state index is 14.5. The quantitative estimate of drug-likeness (QED) is 0.416. The van der Waals surface area contributed by atoms with Crippen LogP contribution >= 0.6 is 0 Å². The van der Waals surface area contributed by atoms with Gasteiger partial charge in [-0.2, -0.15) is 0 Å². The third-order valence-electron chi connectivity index (χ3n) is 6.04. The predicted molar refractivity (Wildman–Crippen MR) is 126 cm³/mol. The van der Waals surface area contributed by atoms with Gasteiger partial charge in [-0.05, 0) is 23.6 Å². The van der Waals surface area contributed by atoms with E-state index in [0.29, 0.717) is 16.6 Å². The number of halogens is 2. The van der Waals surface area contributed by atoms with Gasteiger partial charge in [-0.3, -0.25) is 9.59 Å². The van der Waals surface area contributed by atoms with E-state index in [1.54, 1.807) is 0 Å². The number of carbonyl (C=O) groups is 2. The third-order valence-corrected chi connectivity index (χ3v) is 8.11. The number of aryl methyl sites for hydroxylation is 1. The Balaban J connectivity index is 1.66. The Labute approximate surface area is 191 Å². The topological polar surface area (TPSA) is 94.2 Å². The summed E-state index contributed by atoms with van der Waals surface area (Å²) in [7, 11) is -1.50. The number of hydrogen-bond acceptors (Lipinski definition) is 3. The van der Waals surface area contributed by atoms with Gasteiger partial charge in [0.25, 0.3) is 0 Å².